The van der Waals surface area contributed by atoms with E-state index in [1.807, 2.05) is 0 Å². The van der Waals surface area contributed by atoms with Gasteiger partial charge in [-0.25, -0.2) is 4.79 Å². The zero-order valence-corrected chi connectivity index (χ0v) is 11.7. The van der Waals surface area contributed by atoms with Crippen LogP contribution in [0, 0.1) is 6.92 Å². The van der Waals surface area contributed by atoms with Crippen molar-refractivity contribution in [1.82, 2.24) is 0 Å². The van der Waals surface area contributed by atoms with Crippen LogP contribution in [0.3, 0.4) is 0 Å². The van der Waals surface area contributed by atoms with E-state index in [0.717, 1.165) is 27.3 Å². The predicted molar refractivity (Wildman–Crippen MR) is 75.9 cm³/mol. The molecule has 0 saturated carbocycles. The Morgan fingerprint density at radius 3 is 2.50 bits per heavy atom. The predicted octanol–water partition coefficient (Wildman–Crippen LogP) is 4.31. The van der Waals surface area contributed by atoms with Crippen molar-refractivity contribution in [3.05, 3.63) is 38.7 Å². The first-order chi connectivity index (χ1) is 8.41. The summed E-state index contributed by atoms with van der Waals surface area (Å²) in [5.74, 6) is -1.02. The summed E-state index contributed by atoms with van der Waals surface area (Å²) in [6, 6.07) is 5.17. The number of carboxylic acids is 1. The highest BCUT2D eigenvalue weighted by Crippen LogP contribution is 2.39. The lowest BCUT2D eigenvalue weighted by Crippen LogP contribution is -1.97. The second kappa shape index (κ2) is 4.80. The number of benzene rings is 1. The lowest BCUT2D eigenvalue weighted by atomic mass is 10.1. The first kappa shape index (κ1) is 13.2. The van der Waals surface area contributed by atoms with Crippen LogP contribution in [0.4, 0.5) is 5.69 Å². The van der Waals surface area contributed by atoms with Crippen molar-refractivity contribution in [3.63, 3.8) is 0 Å². The molecule has 0 aliphatic carbocycles. The molecule has 2 rings (SSSR count). The Bertz CT molecular complexity index is 637. The molecule has 0 aliphatic rings. The first-order valence-electron chi connectivity index (χ1n) is 4.99. The van der Waals surface area contributed by atoms with Gasteiger partial charge in [-0.2, -0.15) is 0 Å². The highest BCUT2D eigenvalue weighted by Gasteiger charge is 2.19. The molecule has 0 spiro atoms. The number of halogens is 2. The number of thiophene rings is 1. The average molecular weight is 302 g/mol. The third kappa shape index (κ3) is 2.19. The highest BCUT2D eigenvalue weighted by molar-refractivity contribution is 7.18. The third-order valence-electron chi connectivity index (χ3n) is 2.57. The smallest absolute Gasteiger partial charge is 0.348 e. The number of hydrogen-bond donors (Lipinski definition) is 2. The number of hydrogen-bond acceptors (Lipinski definition) is 3. The summed E-state index contributed by atoms with van der Waals surface area (Å²) in [7, 11) is 0. The Labute approximate surface area is 118 Å². The number of carbonyl (C=O) groups is 1. The van der Waals surface area contributed by atoms with Gasteiger partial charge in [-0.05, 0) is 30.2 Å². The zero-order chi connectivity index (χ0) is 13.4. The van der Waals surface area contributed by atoms with Gasteiger partial charge in [0, 0.05) is 4.88 Å². The highest BCUT2D eigenvalue weighted by atomic mass is 35.5. The van der Waals surface area contributed by atoms with Crippen molar-refractivity contribution in [2.75, 3.05) is 5.73 Å². The van der Waals surface area contributed by atoms with E-state index in [0.29, 0.717) is 15.7 Å². The Hall–Kier alpha value is -1.23. The van der Waals surface area contributed by atoms with Crippen molar-refractivity contribution in [1.29, 1.82) is 0 Å². The number of aromatic carboxylic acids is 1. The van der Waals surface area contributed by atoms with Crippen molar-refractivity contribution in [2.45, 2.75) is 6.92 Å². The van der Waals surface area contributed by atoms with Crippen LogP contribution in [0.5, 0.6) is 0 Å². The van der Waals surface area contributed by atoms with E-state index in [9.17, 15) is 4.79 Å². The van der Waals surface area contributed by atoms with Gasteiger partial charge < -0.3 is 10.8 Å². The Morgan fingerprint density at radius 1 is 1.33 bits per heavy atom. The van der Waals surface area contributed by atoms with E-state index in [-0.39, 0.29) is 4.88 Å². The van der Waals surface area contributed by atoms with Crippen LogP contribution in [-0.2, 0) is 0 Å². The van der Waals surface area contributed by atoms with E-state index in [4.69, 9.17) is 34.0 Å². The van der Waals surface area contributed by atoms with Crippen molar-refractivity contribution in [3.8, 4) is 10.4 Å². The summed E-state index contributed by atoms with van der Waals surface area (Å²) < 4.78 is 0. The molecule has 1 aromatic heterocycles. The van der Waals surface area contributed by atoms with E-state index in [1.165, 1.54) is 0 Å². The van der Waals surface area contributed by atoms with Gasteiger partial charge in [0.25, 0.3) is 0 Å². The number of carboxylic acid groups (broad SMARTS) is 1. The van der Waals surface area contributed by atoms with Gasteiger partial charge in [-0.15, -0.1) is 11.3 Å². The molecule has 1 heterocycles. The van der Waals surface area contributed by atoms with E-state index in [2.05, 4.69) is 0 Å². The number of nitrogen functional groups attached to an aromatic ring is 1. The Kier molecular flexibility index (Phi) is 3.52. The topological polar surface area (TPSA) is 63.3 Å². The average Bonchev–Trinajstić information content (AvgIpc) is 2.60. The number of anilines is 1. The summed E-state index contributed by atoms with van der Waals surface area (Å²) in [4.78, 5) is 12.0. The molecule has 0 radical (unpaired) electrons. The van der Waals surface area contributed by atoms with Crippen molar-refractivity contribution in [2.24, 2.45) is 0 Å². The van der Waals surface area contributed by atoms with Crippen LogP contribution < -0.4 is 5.73 Å². The summed E-state index contributed by atoms with van der Waals surface area (Å²) in [5, 5.41) is 9.92. The first-order valence-corrected chi connectivity index (χ1v) is 6.56. The minimum atomic E-state index is -1.02. The molecule has 94 valence electrons. The molecule has 3 N–H and O–H groups in total. The molecule has 3 nitrogen and oxygen atoms in total. The molecule has 6 heteroatoms. The molecule has 0 bridgehead atoms. The molecule has 0 unspecified atom stereocenters. The maximum absolute atomic E-state index is 11.0. The second-order valence-corrected chi connectivity index (χ2v) is 5.57. The molecular weight excluding hydrogens is 293 g/mol. The summed E-state index contributed by atoms with van der Waals surface area (Å²) in [6.45, 7) is 1.79. The minimum Gasteiger partial charge on any atom is -0.477 e. The van der Waals surface area contributed by atoms with Crippen LogP contribution in [0.15, 0.2) is 18.2 Å². The van der Waals surface area contributed by atoms with Gasteiger partial charge in [0.05, 0.1) is 15.7 Å². The standard InChI is InChI=1S/C12H9Cl2NO2S/c1-5-9(15)11(12(16)17)18-10(5)6-2-3-7(13)8(14)4-6/h2-4H,15H2,1H3,(H,16,17). The maximum atomic E-state index is 11.0. The third-order valence-corrected chi connectivity index (χ3v) is 4.65. The summed E-state index contributed by atoms with van der Waals surface area (Å²) in [6.07, 6.45) is 0. The van der Waals surface area contributed by atoms with Crippen molar-refractivity contribution < 1.29 is 9.90 Å². The van der Waals surface area contributed by atoms with Gasteiger partial charge >= 0.3 is 5.97 Å². The monoisotopic (exact) mass is 301 g/mol. The molecule has 0 aliphatic heterocycles. The lowest BCUT2D eigenvalue weighted by Gasteiger charge is -2.02. The zero-order valence-electron chi connectivity index (χ0n) is 9.33. The molecule has 1 aromatic carbocycles. The van der Waals surface area contributed by atoms with Crippen LogP contribution in [0.2, 0.25) is 10.0 Å². The van der Waals surface area contributed by atoms with Gasteiger partial charge in [0.2, 0.25) is 0 Å². The van der Waals surface area contributed by atoms with Crippen LogP contribution in [0.25, 0.3) is 10.4 Å². The Balaban J connectivity index is 2.61. The molecule has 0 fully saturated rings. The largest absolute Gasteiger partial charge is 0.477 e. The number of nitrogens with two attached hydrogens (primary N) is 1. The van der Waals surface area contributed by atoms with E-state index >= 15 is 0 Å². The number of rotatable bonds is 2. The van der Waals surface area contributed by atoms with Crippen molar-refractivity contribution >= 4 is 46.2 Å². The summed E-state index contributed by atoms with van der Waals surface area (Å²) >= 11 is 12.9. The second-order valence-electron chi connectivity index (χ2n) is 3.73. The van der Waals surface area contributed by atoms with Crippen LogP contribution in [-0.4, -0.2) is 11.1 Å². The maximum Gasteiger partial charge on any atom is 0.348 e. The van der Waals surface area contributed by atoms with Gasteiger partial charge in [-0.1, -0.05) is 29.3 Å². The fraction of sp³-hybridized carbons (Fsp3) is 0.0833. The normalized spacial score (nSPS) is 10.6. The van der Waals surface area contributed by atoms with Gasteiger partial charge in [0.1, 0.15) is 4.88 Å². The van der Waals surface area contributed by atoms with Gasteiger partial charge in [0.15, 0.2) is 0 Å². The molecule has 2 aromatic rings. The fourth-order valence-electron chi connectivity index (χ4n) is 1.60. The molecule has 0 saturated heterocycles. The fourth-order valence-corrected chi connectivity index (χ4v) is 2.96. The molecule has 18 heavy (non-hydrogen) atoms. The van der Waals surface area contributed by atoms with E-state index in [1.54, 1.807) is 25.1 Å². The SMILES string of the molecule is Cc1c(-c2ccc(Cl)c(Cl)c2)sc(C(=O)O)c1N. The Morgan fingerprint density at radius 2 is 2.00 bits per heavy atom. The quantitative estimate of drug-likeness (QED) is 0.868. The molecule has 0 amide bonds. The molecule has 0 atom stereocenters. The molecular formula is C12H9Cl2NO2S. The summed E-state index contributed by atoms with van der Waals surface area (Å²) in [5.41, 5.74) is 7.64. The van der Waals surface area contributed by atoms with E-state index < -0.39 is 5.97 Å². The van der Waals surface area contributed by atoms with Crippen LogP contribution >= 0.6 is 34.5 Å². The minimum absolute atomic E-state index is 0.147. The lowest BCUT2D eigenvalue weighted by molar-refractivity contribution is 0.0703. The van der Waals surface area contributed by atoms with Gasteiger partial charge in [-0.3, -0.25) is 0 Å². The van der Waals surface area contributed by atoms with Crippen LogP contribution in [0.1, 0.15) is 15.2 Å².